The van der Waals surface area contributed by atoms with Crippen LogP contribution in [-0.2, 0) is 17.8 Å². The molecule has 1 unspecified atom stereocenters. The molecule has 162 valence electrons. The van der Waals surface area contributed by atoms with E-state index >= 15 is 0 Å². The molecule has 3 aromatic rings. The highest BCUT2D eigenvalue weighted by atomic mass is 35.5. The maximum atomic E-state index is 13.2. The summed E-state index contributed by atoms with van der Waals surface area (Å²) in [6.07, 6.45) is 6.35. The van der Waals surface area contributed by atoms with Crippen molar-refractivity contribution in [2.24, 2.45) is 0 Å². The number of benzene rings is 1. The van der Waals surface area contributed by atoms with Gasteiger partial charge in [-0.3, -0.25) is 9.78 Å². The second-order valence-corrected chi connectivity index (χ2v) is 9.03. The van der Waals surface area contributed by atoms with Gasteiger partial charge in [-0.15, -0.1) is 0 Å². The summed E-state index contributed by atoms with van der Waals surface area (Å²) in [6, 6.07) is 12.2. The molecule has 1 atom stereocenters. The number of nitrogens with zero attached hydrogens (tertiary/aromatic N) is 4. The fourth-order valence-corrected chi connectivity index (χ4v) is 4.67. The maximum absolute atomic E-state index is 13.2. The molecule has 0 spiro atoms. The number of halogens is 1. The minimum absolute atomic E-state index is 0.0171. The van der Waals surface area contributed by atoms with Crippen LogP contribution in [0.25, 0.3) is 0 Å². The number of hydrogen-bond donors (Lipinski definition) is 0. The standard InChI is InChI=1S/C25H29ClN4O/c1-17(2)25-27-10-12-29(25)16-24(31)30-11-6-9-23(30)22-15-19(13-18(3)28-22)14-20-7-4-5-8-21(20)26/h4-5,7-8,10,12-13,15,17,23H,6,9,11,14,16H2,1-3H3. The molecule has 1 aliphatic rings. The number of pyridine rings is 1. The molecule has 1 fully saturated rings. The molecule has 31 heavy (non-hydrogen) atoms. The summed E-state index contributed by atoms with van der Waals surface area (Å²) in [7, 11) is 0. The number of likely N-dealkylation sites (tertiary alicyclic amines) is 1. The zero-order valence-electron chi connectivity index (χ0n) is 18.4. The topological polar surface area (TPSA) is 51.0 Å². The number of hydrogen-bond acceptors (Lipinski definition) is 3. The van der Waals surface area contributed by atoms with Gasteiger partial charge in [-0.05, 0) is 55.5 Å². The first-order valence-corrected chi connectivity index (χ1v) is 11.3. The van der Waals surface area contributed by atoms with E-state index in [4.69, 9.17) is 16.6 Å². The van der Waals surface area contributed by atoms with Gasteiger partial charge < -0.3 is 9.47 Å². The molecule has 0 saturated carbocycles. The molecule has 6 heteroatoms. The second-order valence-electron chi connectivity index (χ2n) is 8.62. The summed E-state index contributed by atoms with van der Waals surface area (Å²) >= 11 is 6.37. The molecule has 5 nitrogen and oxygen atoms in total. The van der Waals surface area contributed by atoms with Crippen LogP contribution >= 0.6 is 11.6 Å². The van der Waals surface area contributed by atoms with Crippen molar-refractivity contribution in [1.29, 1.82) is 0 Å². The average molecular weight is 437 g/mol. The van der Waals surface area contributed by atoms with Gasteiger partial charge in [0.2, 0.25) is 5.91 Å². The Bertz CT molecular complexity index is 1070. The molecule has 4 rings (SSSR count). The lowest BCUT2D eigenvalue weighted by atomic mass is 10.0. The van der Waals surface area contributed by atoms with Gasteiger partial charge in [-0.25, -0.2) is 4.98 Å². The van der Waals surface area contributed by atoms with Crippen LogP contribution in [0.2, 0.25) is 5.02 Å². The highest BCUT2D eigenvalue weighted by Gasteiger charge is 2.31. The van der Waals surface area contributed by atoms with E-state index in [2.05, 4.69) is 37.0 Å². The predicted octanol–water partition coefficient (Wildman–Crippen LogP) is 5.32. The largest absolute Gasteiger partial charge is 0.333 e. The van der Waals surface area contributed by atoms with E-state index in [-0.39, 0.29) is 17.9 Å². The third-order valence-electron chi connectivity index (χ3n) is 5.87. The maximum Gasteiger partial charge on any atom is 0.243 e. The molecule has 1 aliphatic heterocycles. The fraction of sp³-hybridized carbons (Fsp3) is 0.400. The third kappa shape index (κ3) is 4.82. The van der Waals surface area contributed by atoms with Gasteiger partial charge in [0.1, 0.15) is 12.4 Å². The quantitative estimate of drug-likeness (QED) is 0.525. The molecular weight excluding hydrogens is 408 g/mol. The van der Waals surface area contributed by atoms with Crippen LogP contribution in [0.3, 0.4) is 0 Å². The number of imidazole rings is 1. The van der Waals surface area contributed by atoms with Crippen molar-refractivity contribution in [2.45, 2.75) is 58.5 Å². The van der Waals surface area contributed by atoms with E-state index in [9.17, 15) is 4.79 Å². The molecule has 1 aromatic carbocycles. The van der Waals surface area contributed by atoms with Gasteiger partial charge >= 0.3 is 0 Å². The Kier molecular flexibility index (Phi) is 6.42. The Balaban J connectivity index is 1.55. The molecule has 0 radical (unpaired) electrons. The van der Waals surface area contributed by atoms with Crippen LogP contribution in [0.4, 0.5) is 0 Å². The van der Waals surface area contributed by atoms with Crippen molar-refractivity contribution < 1.29 is 4.79 Å². The number of carbonyl (C=O) groups is 1. The summed E-state index contributed by atoms with van der Waals surface area (Å²) in [5.74, 6) is 1.35. The Morgan fingerprint density at radius 2 is 2.06 bits per heavy atom. The summed E-state index contributed by atoms with van der Waals surface area (Å²) in [5, 5.41) is 0.775. The van der Waals surface area contributed by atoms with E-state index in [0.29, 0.717) is 6.54 Å². The molecule has 0 N–H and O–H groups in total. The van der Waals surface area contributed by atoms with Crippen molar-refractivity contribution in [2.75, 3.05) is 6.54 Å². The summed E-state index contributed by atoms with van der Waals surface area (Å²) in [4.78, 5) is 24.4. The van der Waals surface area contributed by atoms with E-state index in [1.54, 1.807) is 6.20 Å². The van der Waals surface area contributed by atoms with E-state index < -0.39 is 0 Å². The number of amides is 1. The number of aromatic nitrogens is 3. The first kappa shape index (κ1) is 21.6. The molecular formula is C25H29ClN4O. The molecule has 2 aromatic heterocycles. The van der Waals surface area contributed by atoms with Gasteiger partial charge in [0.25, 0.3) is 0 Å². The first-order chi connectivity index (χ1) is 14.9. The Morgan fingerprint density at radius 3 is 2.84 bits per heavy atom. The highest BCUT2D eigenvalue weighted by Crippen LogP contribution is 2.32. The SMILES string of the molecule is Cc1cc(Cc2ccccc2Cl)cc(C2CCCN2C(=O)Cn2ccnc2C(C)C)n1. The van der Waals surface area contributed by atoms with Crippen LogP contribution in [-0.4, -0.2) is 31.9 Å². The van der Waals surface area contributed by atoms with Crippen LogP contribution in [0.5, 0.6) is 0 Å². The fourth-order valence-electron chi connectivity index (χ4n) is 4.47. The number of aryl methyl sites for hydroxylation is 1. The molecule has 0 bridgehead atoms. The third-order valence-corrected chi connectivity index (χ3v) is 6.24. The van der Waals surface area contributed by atoms with Crippen LogP contribution < -0.4 is 0 Å². The zero-order valence-corrected chi connectivity index (χ0v) is 19.1. The lowest BCUT2D eigenvalue weighted by molar-refractivity contribution is -0.132. The van der Waals surface area contributed by atoms with Gasteiger partial charge in [-0.1, -0.05) is 43.6 Å². The van der Waals surface area contributed by atoms with E-state index in [0.717, 1.165) is 53.6 Å². The van der Waals surface area contributed by atoms with Crippen LogP contribution in [0.1, 0.15) is 67.0 Å². The Morgan fingerprint density at radius 1 is 1.26 bits per heavy atom. The lowest BCUT2D eigenvalue weighted by Crippen LogP contribution is -2.34. The summed E-state index contributed by atoms with van der Waals surface area (Å²) in [6.45, 7) is 7.30. The van der Waals surface area contributed by atoms with Crippen molar-refractivity contribution in [3.63, 3.8) is 0 Å². The minimum Gasteiger partial charge on any atom is -0.333 e. The van der Waals surface area contributed by atoms with E-state index in [1.807, 2.05) is 40.8 Å². The highest BCUT2D eigenvalue weighted by molar-refractivity contribution is 6.31. The van der Waals surface area contributed by atoms with E-state index in [1.165, 1.54) is 5.56 Å². The van der Waals surface area contributed by atoms with Gasteiger partial charge in [0.15, 0.2) is 0 Å². The van der Waals surface area contributed by atoms with Gasteiger partial charge in [-0.2, -0.15) is 0 Å². The second kappa shape index (κ2) is 9.23. The molecule has 1 saturated heterocycles. The normalized spacial score (nSPS) is 16.3. The van der Waals surface area contributed by atoms with Crippen molar-refractivity contribution >= 4 is 17.5 Å². The van der Waals surface area contributed by atoms with Gasteiger partial charge in [0.05, 0.1) is 11.7 Å². The minimum atomic E-state index is 0.0171. The average Bonchev–Trinajstić information content (AvgIpc) is 3.39. The van der Waals surface area contributed by atoms with Crippen molar-refractivity contribution in [1.82, 2.24) is 19.4 Å². The van der Waals surface area contributed by atoms with Crippen molar-refractivity contribution in [3.05, 3.63) is 82.2 Å². The van der Waals surface area contributed by atoms with Crippen LogP contribution in [0.15, 0.2) is 48.8 Å². The monoisotopic (exact) mass is 436 g/mol. The first-order valence-electron chi connectivity index (χ1n) is 10.9. The molecule has 3 heterocycles. The lowest BCUT2D eigenvalue weighted by Gasteiger charge is -2.26. The van der Waals surface area contributed by atoms with Crippen molar-refractivity contribution in [3.8, 4) is 0 Å². The Labute approximate surface area is 189 Å². The summed E-state index contributed by atoms with van der Waals surface area (Å²) < 4.78 is 1.97. The molecule has 0 aliphatic carbocycles. The smallest absolute Gasteiger partial charge is 0.243 e. The predicted molar refractivity (Wildman–Crippen MR) is 123 cm³/mol. The van der Waals surface area contributed by atoms with Crippen LogP contribution in [0, 0.1) is 6.92 Å². The molecule has 1 amide bonds. The van der Waals surface area contributed by atoms with Gasteiger partial charge in [0, 0.05) is 35.6 Å². The number of carbonyl (C=O) groups excluding carboxylic acids is 1. The number of rotatable bonds is 6. The Hall–Kier alpha value is -2.66. The summed E-state index contributed by atoms with van der Waals surface area (Å²) in [5.41, 5.74) is 4.21. The zero-order chi connectivity index (χ0) is 22.0.